The van der Waals surface area contributed by atoms with E-state index in [0.717, 1.165) is 50.9 Å². The Morgan fingerprint density at radius 1 is 0.670 bits per heavy atom. The van der Waals surface area contributed by atoms with Crippen molar-refractivity contribution in [2.24, 2.45) is 5.92 Å². The van der Waals surface area contributed by atoms with Gasteiger partial charge in [-0.15, -0.1) is 0 Å². The van der Waals surface area contributed by atoms with Crippen LogP contribution in [0.2, 0.25) is 0 Å². The zero-order valence-corrected chi connectivity index (χ0v) is 60.2. The summed E-state index contributed by atoms with van der Waals surface area (Å²) in [5.41, 5.74) is 7.78. The van der Waals surface area contributed by atoms with Gasteiger partial charge in [0.25, 0.3) is 5.91 Å². The highest BCUT2D eigenvalue weighted by Gasteiger charge is 2.47. The Labute approximate surface area is 612 Å². The van der Waals surface area contributed by atoms with Crippen molar-refractivity contribution in [2.45, 2.75) is 114 Å². The molecule has 3 aliphatic rings. The number of nitrogens with zero attached hydrogens (tertiary/aromatic N) is 10. The smallest absolute Gasteiger partial charge is 0.475 e. The van der Waals surface area contributed by atoms with E-state index in [2.05, 4.69) is 84.0 Å². The number of ether oxygens (including phenoxy) is 6. The summed E-state index contributed by atoms with van der Waals surface area (Å²) in [6.07, 6.45) is 3.15. The Hall–Kier alpha value is -10.8. The Morgan fingerprint density at radius 2 is 1.27 bits per heavy atom. The highest BCUT2D eigenvalue weighted by molar-refractivity contribution is 7.48. The molecule has 10 aromatic rings. The molecule has 4 unspecified atom stereocenters. The van der Waals surface area contributed by atoms with E-state index >= 15 is 4.57 Å². The molecule has 2 aliphatic heterocycles. The van der Waals surface area contributed by atoms with Crippen LogP contribution in [-0.4, -0.2) is 140 Å². The lowest BCUT2D eigenvalue weighted by molar-refractivity contribution is -0.121. The first-order chi connectivity index (χ1) is 51.6. The number of aromatic nitrogens is 8. The van der Waals surface area contributed by atoms with Crippen molar-refractivity contribution >= 4 is 65.6 Å². The summed E-state index contributed by atoms with van der Waals surface area (Å²) in [7, 11) is 0.155. The first-order valence-electron chi connectivity index (χ1n) is 35.2. The largest absolute Gasteiger partial charge is 0.497 e. The van der Waals surface area contributed by atoms with Crippen LogP contribution in [-0.2, 0) is 58.8 Å². The fraction of sp³-hybridized carbons (Fsp3) is 0.346. The second-order valence-corrected chi connectivity index (χ2v) is 28.1. The maximum atomic E-state index is 15.5. The molecule has 13 rings (SSSR count). The Kier molecular flexibility index (Phi) is 23.2. The summed E-state index contributed by atoms with van der Waals surface area (Å²) < 4.78 is 75.7. The minimum absolute atomic E-state index is 0.00488. The van der Waals surface area contributed by atoms with Crippen LogP contribution in [0, 0.1) is 17.2 Å². The van der Waals surface area contributed by atoms with Crippen molar-refractivity contribution in [2.75, 3.05) is 64.9 Å². The topological polar surface area (TPSA) is 319 Å². The van der Waals surface area contributed by atoms with E-state index in [1.165, 1.54) is 23.9 Å². The van der Waals surface area contributed by atoms with Crippen LogP contribution in [0.15, 0.2) is 177 Å². The van der Waals surface area contributed by atoms with Crippen LogP contribution < -0.4 is 25.4 Å². The van der Waals surface area contributed by atoms with Crippen molar-refractivity contribution in [3.05, 3.63) is 216 Å². The number of carbonyl (C=O) groups is 4. The number of hydrogen-bond acceptors (Lipinski definition) is 21. The van der Waals surface area contributed by atoms with E-state index in [0.29, 0.717) is 66.4 Å². The number of phosphoric acid groups is 1. The molecule has 0 saturated carbocycles. The number of hydrogen-bond donors (Lipinski definition) is 3. The molecule has 4 amide bonds. The van der Waals surface area contributed by atoms with Gasteiger partial charge in [-0.1, -0.05) is 129 Å². The highest BCUT2D eigenvalue weighted by Crippen LogP contribution is 2.55. The number of benzene rings is 6. The molecule has 0 bridgehead atoms. The number of phosphoric ester groups is 1. The van der Waals surface area contributed by atoms with Crippen molar-refractivity contribution in [3.63, 3.8) is 0 Å². The second-order valence-electron chi connectivity index (χ2n) is 26.4. The first-order valence-corrected chi connectivity index (χ1v) is 36.7. The zero-order valence-electron chi connectivity index (χ0n) is 59.3. The summed E-state index contributed by atoms with van der Waals surface area (Å²) >= 11 is 0. The second kappa shape index (κ2) is 33.5. The van der Waals surface area contributed by atoms with E-state index in [-0.39, 0.29) is 92.8 Å². The van der Waals surface area contributed by atoms with E-state index in [4.69, 9.17) is 42.0 Å². The lowest BCUT2D eigenvalue weighted by Crippen LogP contribution is -2.38. The number of nitriles is 1. The van der Waals surface area contributed by atoms with Crippen LogP contribution in [0.5, 0.6) is 11.5 Å². The minimum Gasteiger partial charge on any atom is -0.497 e. The normalized spacial score (nSPS) is 17.5. The van der Waals surface area contributed by atoms with Crippen molar-refractivity contribution in [1.29, 1.82) is 5.26 Å². The molecular weight excluding hydrogens is 1370 g/mol. The van der Waals surface area contributed by atoms with Gasteiger partial charge >= 0.3 is 13.9 Å². The molecule has 28 heteroatoms. The van der Waals surface area contributed by atoms with Crippen LogP contribution in [0.3, 0.4) is 0 Å². The standard InChI is InChI=1S/C78H82N13O14P/c1-50(2)22-36-66(92)80-42-51-23-25-52(26-24-51)76(94)88-73-71-75(84-47-82-73)91(49-86-71)69-41-64(65(104-69)45-100-78(53-15-7-6-8-16-53,54-27-31-56(97-4)32-28-54)55-29-33-57(98-5)34-30-55)105-106(96,101-40-14-38-79)102-43-58-35-37-68(103-58)90-48-85-70-72(81-46-83-74(70)90)87-67(93)21-13-39-89(3)77(95)99-44-63-61-19-11-9-17-59(61)60-18-10-12-20-62(60)63/h6-12,15-20,23-34,46-50,58,63-65,68-69H,13-14,21-22,35-37,39-45H2,1-5H3,(H,80,92)(H,81,83,87,93)(H,82,84,88,94)/t58-,64?,65?,68?,69+,106?/m0/s1. The van der Waals surface area contributed by atoms with Gasteiger partial charge in [-0.3, -0.25) is 37.1 Å². The molecule has 548 valence electrons. The average Bonchev–Trinajstić information content (AvgIpc) is 1.18. The lowest BCUT2D eigenvalue weighted by atomic mass is 9.80. The number of nitrogens with one attached hydrogen (secondary N) is 3. The van der Waals surface area contributed by atoms with Crippen molar-refractivity contribution < 1.29 is 65.7 Å². The fourth-order valence-electron chi connectivity index (χ4n) is 13.5. The van der Waals surface area contributed by atoms with Gasteiger partial charge in [0.05, 0.1) is 65.3 Å². The summed E-state index contributed by atoms with van der Waals surface area (Å²) in [6.45, 7) is 4.10. The van der Waals surface area contributed by atoms with E-state index in [9.17, 15) is 24.4 Å². The van der Waals surface area contributed by atoms with Gasteiger partial charge in [-0.05, 0) is 113 Å². The molecule has 6 aromatic carbocycles. The summed E-state index contributed by atoms with van der Waals surface area (Å²) in [4.78, 5) is 81.6. The molecule has 3 N–H and O–H groups in total. The molecule has 2 saturated heterocycles. The van der Waals surface area contributed by atoms with Crippen LogP contribution in [0.4, 0.5) is 16.4 Å². The summed E-state index contributed by atoms with van der Waals surface area (Å²) in [5.74, 6) is 1.04. The average molecular weight is 1460 g/mol. The minimum atomic E-state index is -4.67. The van der Waals surface area contributed by atoms with Gasteiger partial charge in [0.15, 0.2) is 34.0 Å². The van der Waals surface area contributed by atoms with Gasteiger partial charge in [-0.25, -0.2) is 39.3 Å². The van der Waals surface area contributed by atoms with E-state index < -0.39 is 56.2 Å². The lowest BCUT2D eigenvalue weighted by Gasteiger charge is -2.37. The number of rotatable bonds is 32. The maximum Gasteiger partial charge on any atom is 0.475 e. The number of methoxy groups -OCH3 is 2. The number of anilines is 2. The summed E-state index contributed by atoms with van der Waals surface area (Å²) in [5, 5.41) is 18.4. The van der Waals surface area contributed by atoms with Gasteiger partial charge in [0.1, 0.15) is 61.0 Å². The molecule has 1 aliphatic carbocycles. The van der Waals surface area contributed by atoms with Gasteiger partial charge in [-0.2, -0.15) is 5.26 Å². The highest BCUT2D eigenvalue weighted by atomic mass is 31.2. The fourth-order valence-corrected chi connectivity index (χ4v) is 14.9. The van der Waals surface area contributed by atoms with Crippen molar-refractivity contribution in [1.82, 2.24) is 49.3 Å². The molecule has 6 heterocycles. The number of amides is 4. The molecule has 2 fully saturated rings. The van der Waals surface area contributed by atoms with Gasteiger partial charge in [0.2, 0.25) is 11.8 Å². The number of carbonyl (C=O) groups excluding carboxylic acids is 4. The summed E-state index contributed by atoms with van der Waals surface area (Å²) in [6, 6.07) is 50.0. The predicted molar refractivity (Wildman–Crippen MR) is 391 cm³/mol. The Balaban J connectivity index is 0.700. The molecular formula is C78H82N13O14P. The molecule has 106 heavy (non-hydrogen) atoms. The quantitative estimate of drug-likeness (QED) is 0.0200. The third-order valence-corrected chi connectivity index (χ3v) is 20.6. The maximum absolute atomic E-state index is 15.5. The first kappa shape index (κ1) is 73.5. The SMILES string of the molecule is COc1ccc(C(OCC2O[C@@H](n3cnc4c(NC(=O)c5ccc(CNC(=O)CCC(C)C)cc5)ncnc43)CC2OP(=O)(OCCC#N)OC[C@@H]2CCC(n3cnc4c(NC(=O)CCCN(C)C(=O)OCC5c6ccccc6-c6ccccc65)ncnc43)O2)(c2ccccc2)c2ccc(OC)cc2)cc1. The third-order valence-electron chi connectivity index (χ3n) is 19.1. The molecule has 0 spiro atoms. The monoisotopic (exact) mass is 1460 g/mol. The van der Waals surface area contributed by atoms with Crippen molar-refractivity contribution in [3.8, 4) is 28.7 Å². The molecule has 0 radical (unpaired) electrons. The van der Waals surface area contributed by atoms with E-state index in [1.54, 1.807) is 61.0 Å². The molecule has 6 atom stereocenters. The van der Waals surface area contributed by atoms with Crippen LogP contribution in [0.25, 0.3) is 33.5 Å². The van der Waals surface area contributed by atoms with Gasteiger partial charge < -0.3 is 49.3 Å². The van der Waals surface area contributed by atoms with E-state index in [1.807, 2.05) is 109 Å². The van der Waals surface area contributed by atoms with Gasteiger partial charge in [0, 0.05) is 50.9 Å². The van der Waals surface area contributed by atoms with Crippen LogP contribution >= 0.6 is 7.82 Å². The molecule has 27 nitrogen and oxygen atoms in total. The Bertz CT molecular complexity index is 4730. The zero-order chi connectivity index (χ0) is 73.7. The Morgan fingerprint density at radius 3 is 1.90 bits per heavy atom. The third kappa shape index (κ3) is 16.6. The molecule has 4 aromatic heterocycles. The number of fused-ring (bicyclic) bond motifs is 5. The van der Waals surface area contributed by atoms with Crippen LogP contribution in [0.1, 0.15) is 127 Å². The number of imidazole rings is 2. The predicted octanol–water partition coefficient (Wildman–Crippen LogP) is 13.0.